The molecule has 2 aromatic carbocycles. The molecule has 2 heterocycles. The summed E-state index contributed by atoms with van der Waals surface area (Å²) >= 11 is 5.75. The molecule has 0 N–H and O–H groups in total. The van der Waals surface area contributed by atoms with Gasteiger partial charge in [-0.1, -0.05) is 17.7 Å². The molecule has 2 aromatic rings. The Morgan fingerprint density at radius 1 is 1.19 bits per heavy atom. The van der Waals surface area contributed by atoms with E-state index in [1.165, 1.54) is 18.2 Å². The van der Waals surface area contributed by atoms with E-state index in [1.54, 1.807) is 0 Å². The Kier molecular flexibility index (Phi) is 5.07. The first-order valence-corrected chi connectivity index (χ1v) is 9.26. The molecule has 0 radical (unpaired) electrons. The van der Waals surface area contributed by atoms with E-state index in [0.29, 0.717) is 25.5 Å². The number of carbonyl (C=O) groups is 1. The fourth-order valence-electron chi connectivity index (χ4n) is 3.47. The molecule has 142 valence electrons. The maximum Gasteiger partial charge on any atom is 0.261 e. The molecule has 0 spiro atoms. The lowest BCUT2D eigenvalue weighted by Crippen LogP contribution is -2.34. The summed E-state index contributed by atoms with van der Waals surface area (Å²) in [6, 6.07) is 9.84. The van der Waals surface area contributed by atoms with Gasteiger partial charge >= 0.3 is 0 Å². The number of amides is 1. The highest BCUT2D eigenvalue weighted by molar-refractivity contribution is 6.30. The average molecular weight is 392 g/mol. The number of hydrogen-bond donors (Lipinski definition) is 0. The lowest BCUT2D eigenvalue weighted by atomic mass is 10.0. The molecule has 1 unspecified atom stereocenters. The highest BCUT2D eigenvalue weighted by Gasteiger charge is 2.31. The van der Waals surface area contributed by atoms with Crippen LogP contribution in [0.4, 0.5) is 4.39 Å². The van der Waals surface area contributed by atoms with Crippen molar-refractivity contribution in [3.63, 3.8) is 0 Å². The van der Waals surface area contributed by atoms with E-state index in [4.69, 9.17) is 25.8 Å². The van der Waals surface area contributed by atoms with Gasteiger partial charge in [0.2, 0.25) is 0 Å². The van der Waals surface area contributed by atoms with Crippen LogP contribution in [0.3, 0.4) is 0 Å². The predicted octanol–water partition coefficient (Wildman–Crippen LogP) is 3.99. The molecule has 27 heavy (non-hydrogen) atoms. The monoisotopic (exact) mass is 391 g/mol. The number of benzene rings is 2. The molecular formula is C20H19ClFNO4. The van der Waals surface area contributed by atoms with Gasteiger partial charge in [-0.3, -0.25) is 4.79 Å². The largest absolute Gasteiger partial charge is 0.486 e. The molecule has 1 fully saturated rings. The molecule has 0 saturated carbocycles. The number of nitrogens with zero attached hydrogens (tertiary/aromatic N) is 1. The van der Waals surface area contributed by atoms with Crippen molar-refractivity contribution in [1.82, 2.24) is 4.90 Å². The molecule has 5 nitrogen and oxygen atoms in total. The van der Waals surface area contributed by atoms with Crippen LogP contribution in [-0.4, -0.2) is 37.2 Å². The summed E-state index contributed by atoms with van der Waals surface area (Å²) in [6.45, 7) is 1.62. The fourth-order valence-corrected chi connectivity index (χ4v) is 3.64. The fraction of sp³-hybridized carbons (Fsp3) is 0.350. The number of rotatable bonds is 4. The van der Waals surface area contributed by atoms with Crippen LogP contribution in [0.15, 0.2) is 36.4 Å². The SMILES string of the molecule is O=C(COc1ccc(F)c(Cl)c1)N1CCCC1c1ccc2c(c1)OCCO2. The minimum absolute atomic E-state index is 0.0197. The smallest absolute Gasteiger partial charge is 0.261 e. The van der Waals surface area contributed by atoms with Crippen LogP contribution in [0.25, 0.3) is 0 Å². The van der Waals surface area contributed by atoms with Gasteiger partial charge in [-0.15, -0.1) is 0 Å². The Bertz CT molecular complexity index is 860. The Labute approximate surface area is 161 Å². The number of carbonyl (C=O) groups excluding carboxylic acids is 1. The van der Waals surface area contributed by atoms with Gasteiger partial charge in [-0.2, -0.15) is 0 Å². The first-order valence-electron chi connectivity index (χ1n) is 8.89. The number of fused-ring (bicyclic) bond motifs is 1. The maximum absolute atomic E-state index is 13.2. The third kappa shape index (κ3) is 3.81. The van der Waals surface area contributed by atoms with E-state index in [1.807, 2.05) is 23.1 Å². The van der Waals surface area contributed by atoms with Crippen molar-refractivity contribution in [1.29, 1.82) is 0 Å². The van der Waals surface area contributed by atoms with E-state index < -0.39 is 5.82 Å². The highest BCUT2D eigenvalue weighted by Crippen LogP contribution is 2.38. The Morgan fingerprint density at radius 2 is 2.00 bits per heavy atom. The van der Waals surface area contributed by atoms with Crippen LogP contribution >= 0.6 is 11.6 Å². The molecule has 1 atom stereocenters. The van der Waals surface area contributed by atoms with Gasteiger partial charge in [0.15, 0.2) is 18.1 Å². The maximum atomic E-state index is 13.2. The molecule has 0 bridgehead atoms. The summed E-state index contributed by atoms with van der Waals surface area (Å²) in [5.41, 5.74) is 1.02. The van der Waals surface area contributed by atoms with Gasteiger partial charge in [0.25, 0.3) is 5.91 Å². The summed E-state index contributed by atoms with van der Waals surface area (Å²) in [5, 5.41) is -0.0322. The number of ether oxygens (including phenoxy) is 3. The van der Waals surface area contributed by atoms with Crippen LogP contribution in [0.5, 0.6) is 17.2 Å². The van der Waals surface area contributed by atoms with Crippen LogP contribution in [0.2, 0.25) is 5.02 Å². The molecular weight excluding hydrogens is 373 g/mol. The highest BCUT2D eigenvalue weighted by atomic mass is 35.5. The Balaban J connectivity index is 1.44. The Hall–Kier alpha value is -2.47. The summed E-state index contributed by atoms with van der Waals surface area (Å²) in [6.07, 6.45) is 1.81. The standard InChI is InChI=1S/C20H19ClFNO4/c21-15-11-14(4-5-16(15)22)27-12-20(24)23-7-1-2-17(23)13-3-6-18-19(10-13)26-9-8-25-18/h3-6,10-11,17H,1-2,7-9,12H2. The lowest BCUT2D eigenvalue weighted by molar-refractivity contribution is -0.134. The van der Waals surface area contributed by atoms with Crippen LogP contribution in [-0.2, 0) is 4.79 Å². The van der Waals surface area contributed by atoms with Gasteiger partial charge < -0.3 is 19.1 Å². The quantitative estimate of drug-likeness (QED) is 0.790. The van der Waals surface area contributed by atoms with Gasteiger partial charge in [-0.25, -0.2) is 4.39 Å². The first kappa shape index (κ1) is 17.9. The molecule has 4 rings (SSSR count). The molecule has 2 aliphatic rings. The molecule has 0 aliphatic carbocycles. The van der Waals surface area contributed by atoms with Gasteiger partial charge in [0, 0.05) is 12.6 Å². The number of likely N-dealkylation sites (tertiary alicyclic amines) is 1. The first-order chi connectivity index (χ1) is 13.1. The zero-order valence-electron chi connectivity index (χ0n) is 14.6. The van der Waals surface area contributed by atoms with Crippen molar-refractivity contribution in [2.75, 3.05) is 26.4 Å². The average Bonchev–Trinajstić information content (AvgIpc) is 3.18. The van der Waals surface area contributed by atoms with Gasteiger partial charge in [0.05, 0.1) is 11.1 Å². The molecule has 1 amide bonds. The summed E-state index contributed by atoms with van der Waals surface area (Å²) < 4.78 is 29.9. The van der Waals surface area contributed by atoms with E-state index in [2.05, 4.69) is 0 Å². The van der Waals surface area contributed by atoms with Crippen molar-refractivity contribution < 1.29 is 23.4 Å². The minimum Gasteiger partial charge on any atom is -0.486 e. The number of halogens is 2. The summed E-state index contributed by atoms with van der Waals surface area (Å²) in [4.78, 5) is 14.5. The van der Waals surface area contributed by atoms with E-state index in [-0.39, 0.29) is 23.6 Å². The lowest BCUT2D eigenvalue weighted by Gasteiger charge is -2.26. The van der Waals surface area contributed by atoms with E-state index >= 15 is 0 Å². The zero-order chi connectivity index (χ0) is 18.8. The van der Waals surface area contributed by atoms with Crippen molar-refractivity contribution in [2.24, 2.45) is 0 Å². The molecule has 7 heteroatoms. The van der Waals surface area contributed by atoms with Crippen molar-refractivity contribution >= 4 is 17.5 Å². The molecule has 0 aromatic heterocycles. The zero-order valence-corrected chi connectivity index (χ0v) is 15.4. The van der Waals surface area contributed by atoms with E-state index in [9.17, 15) is 9.18 Å². The Morgan fingerprint density at radius 3 is 2.81 bits per heavy atom. The topological polar surface area (TPSA) is 48.0 Å². The third-order valence-corrected chi connectivity index (χ3v) is 5.07. The van der Waals surface area contributed by atoms with Crippen molar-refractivity contribution in [3.8, 4) is 17.2 Å². The second-order valence-electron chi connectivity index (χ2n) is 6.51. The predicted molar refractivity (Wildman–Crippen MR) is 98.0 cm³/mol. The van der Waals surface area contributed by atoms with Gasteiger partial charge in [0.1, 0.15) is 24.8 Å². The second-order valence-corrected chi connectivity index (χ2v) is 6.92. The third-order valence-electron chi connectivity index (χ3n) is 4.78. The molecule has 2 aliphatic heterocycles. The van der Waals surface area contributed by atoms with Crippen LogP contribution in [0, 0.1) is 5.82 Å². The second kappa shape index (κ2) is 7.64. The van der Waals surface area contributed by atoms with Crippen LogP contribution < -0.4 is 14.2 Å². The van der Waals surface area contributed by atoms with Crippen molar-refractivity contribution in [3.05, 3.63) is 52.8 Å². The number of hydrogen-bond acceptors (Lipinski definition) is 4. The summed E-state index contributed by atoms with van der Waals surface area (Å²) in [5.74, 6) is 1.18. The van der Waals surface area contributed by atoms with E-state index in [0.717, 1.165) is 29.9 Å². The van der Waals surface area contributed by atoms with Crippen LogP contribution in [0.1, 0.15) is 24.4 Å². The normalized spacial score (nSPS) is 18.4. The van der Waals surface area contributed by atoms with Gasteiger partial charge in [-0.05, 0) is 42.7 Å². The summed E-state index contributed by atoms with van der Waals surface area (Å²) in [7, 11) is 0. The minimum atomic E-state index is -0.520. The van der Waals surface area contributed by atoms with Crippen molar-refractivity contribution in [2.45, 2.75) is 18.9 Å². The molecule has 1 saturated heterocycles.